The van der Waals surface area contributed by atoms with E-state index in [1.807, 2.05) is 6.07 Å². The fourth-order valence-corrected chi connectivity index (χ4v) is 1.86. The van der Waals surface area contributed by atoms with E-state index in [2.05, 4.69) is 23.9 Å². The molecule has 1 N–H and O–H groups in total. The average molecular weight is 273 g/mol. The van der Waals surface area contributed by atoms with Crippen molar-refractivity contribution in [3.8, 4) is 11.5 Å². The second kappa shape index (κ2) is 7.94. The first-order valence-corrected chi connectivity index (χ1v) is 6.45. The summed E-state index contributed by atoms with van der Waals surface area (Å²) in [5.74, 6) is 0.382. The highest BCUT2D eigenvalue weighted by atomic mass is 19.3. The van der Waals surface area contributed by atoms with Crippen LogP contribution in [0.1, 0.15) is 32.3 Å². The van der Waals surface area contributed by atoms with Gasteiger partial charge in [0.05, 0.1) is 7.11 Å². The van der Waals surface area contributed by atoms with E-state index in [4.69, 9.17) is 4.74 Å². The molecule has 0 aliphatic rings. The van der Waals surface area contributed by atoms with Gasteiger partial charge in [-0.3, -0.25) is 0 Å². The molecule has 0 heterocycles. The maximum absolute atomic E-state index is 12.3. The van der Waals surface area contributed by atoms with Crippen LogP contribution in [-0.2, 0) is 6.54 Å². The van der Waals surface area contributed by atoms with Gasteiger partial charge in [-0.15, -0.1) is 0 Å². The van der Waals surface area contributed by atoms with E-state index in [1.165, 1.54) is 7.11 Å². The molecular formula is C14H21F2NO2. The lowest BCUT2D eigenvalue weighted by atomic mass is 10.1. The summed E-state index contributed by atoms with van der Waals surface area (Å²) in [6, 6.07) is 5.50. The molecule has 0 bridgehead atoms. The molecule has 5 heteroatoms. The average Bonchev–Trinajstić information content (AvgIpc) is 2.39. The van der Waals surface area contributed by atoms with E-state index in [-0.39, 0.29) is 5.75 Å². The third-order valence-corrected chi connectivity index (χ3v) is 3.02. The van der Waals surface area contributed by atoms with Gasteiger partial charge in [0.15, 0.2) is 11.5 Å². The number of rotatable bonds is 8. The molecule has 108 valence electrons. The third kappa shape index (κ3) is 5.03. The van der Waals surface area contributed by atoms with Crippen LogP contribution in [0, 0.1) is 0 Å². The van der Waals surface area contributed by atoms with Gasteiger partial charge >= 0.3 is 6.61 Å². The number of nitrogens with one attached hydrogen (secondary N) is 1. The highest BCUT2D eigenvalue weighted by Crippen LogP contribution is 2.29. The lowest BCUT2D eigenvalue weighted by Gasteiger charge is -2.16. The Morgan fingerprint density at radius 3 is 2.37 bits per heavy atom. The first-order valence-electron chi connectivity index (χ1n) is 6.45. The molecule has 0 fully saturated rings. The van der Waals surface area contributed by atoms with Gasteiger partial charge in [0.2, 0.25) is 0 Å². The number of hydrogen-bond donors (Lipinski definition) is 1. The zero-order chi connectivity index (χ0) is 14.3. The number of methoxy groups -OCH3 is 1. The van der Waals surface area contributed by atoms with E-state index in [1.54, 1.807) is 12.1 Å². The van der Waals surface area contributed by atoms with E-state index in [0.29, 0.717) is 18.3 Å². The second-order valence-electron chi connectivity index (χ2n) is 4.26. The molecule has 3 nitrogen and oxygen atoms in total. The maximum atomic E-state index is 12.3. The smallest absolute Gasteiger partial charge is 0.387 e. The molecule has 0 saturated heterocycles. The van der Waals surface area contributed by atoms with Crippen molar-refractivity contribution in [2.24, 2.45) is 0 Å². The number of halogens is 2. The van der Waals surface area contributed by atoms with Crippen LogP contribution in [-0.4, -0.2) is 19.8 Å². The van der Waals surface area contributed by atoms with Crippen LogP contribution >= 0.6 is 0 Å². The number of hydrogen-bond acceptors (Lipinski definition) is 3. The van der Waals surface area contributed by atoms with E-state index >= 15 is 0 Å². The van der Waals surface area contributed by atoms with Crippen molar-refractivity contribution in [1.29, 1.82) is 0 Å². The van der Waals surface area contributed by atoms with Crippen molar-refractivity contribution in [2.75, 3.05) is 7.11 Å². The Bertz CT molecular complexity index is 382. The monoisotopic (exact) mass is 273 g/mol. The molecule has 0 aromatic heterocycles. The third-order valence-electron chi connectivity index (χ3n) is 3.02. The summed E-state index contributed by atoms with van der Waals surface area (Å²) in [5, 5.41) is 3.37. The minimum Gasteiger partial charge on any atom is -0.493 e. The van der Waals surface area contributed by atoms with Gasteiger partial charge in [-0.2, -0.15) is 8.78 Å². The summed E-state index contributed by atoms with van der Waals surface area (Å²) in [6.07, 6.45) is 2.07. The van der Waals surface area contributed by atoms with Crippen LogP contribution in [0.2, 0.25) is 0 Å². The summed E-state index contributed by atoms with van der Waals surface area (Å²) in [4.78, 5) is 0. The zero-order valence-corrected chi connectivity index (χ0v) is 11.6. The van der Waals surface area contributed by atoms with Crippen LogP contribution in [0.15, 0.2) is 18.2 Å². The topological polar surface area (TPSA) is 30.5 Å². The van der Waals surface area contributed by atoms with E-state index in [9.17, 15) is 8.78 Å². The molecule has 1 rings (SSSR count). The maximum Gasteiger partial charge on any atom is 0.387 e. The Hall–Kier alpha value is -1.36. The summed E-state index contributed by atoms with van der Waals surface area (Å²) in [5.41, 5.74) is 0.892. The van der Waals surface area contributed by atoms with Gasteiger partial charge in [-0.05, 0) is 30.5 Å². The molecule has 0 saturated carbocycles. The van der Waals surface area contributed by atoms with Crippen LogP contribution in [0.25, 0.3) is 0 Å². The molecule has 0 aliphatic heterocycles. The van der Waals surface area contributed by atoms with Crippen LogP contribution in [0.4, 0.5) is 8.78 Å². The molecule has 0 atom stereocenters. The summed E-state index contributed by atoms with van der Waals surface area (Å²) in [7, 11) is 1.43. The molecule has 1 aromatic rings. The largest absolute Gasteiger partial charge is 0.493 e. The molecule has 0 unspecified atom stereocenters. The highest BCUT2D eigenvalue weighted by Gasteiger charge is 2.11. The lowest BCUT2D eigenvalue weighted by molar-refractivity contribution is -0.0512. The first-order chi connectivity index (χ1) is 9.10. The summed E-state index contributed by atoms with van der Waals surface area (Å²) < 4.78 is 34.0. The van der Waals surface area contributed by atoms with Crippen molar-refractivity contribution in [1.82, 2.24) is 5.32 Å². The molecule has 0 aliphatic carbocycles. The minimum absolute atomic E-state index is 0.0707. The predicted octanol–water partition coefficient (Wildman–Crippen LogP) is 3.57. The standard InChI is InChI=1S/C14H21F2NO2/c1-4-11(5-2)17-9-10-6-7-12(18-3)13(8-10)19-14(15)16/h6-8,11,14,17H,4-5,9H2,1-3H3. The fourth-order valence-electron chi connectivity index (χ4n) is 1.86. The van der Waals surface area contributed by atoms with Gasteiger partial charge in [-0.25, -0.2) is 0 Å². The first kappa shape index (κ1) is 15.7. The van der Waals surface area contributed by atoms with Gasteiger partial charge in [0.25, 0.3) is 0 Å². The number of ether oxygens (including phenoxy) is 2. The van der Waals surface area contributed by atoms with Gasteiger partial charge in [-0.1, -0.05) is 19.9 Å². The Morgan fingerprint density at radius 2 is 1.84 bits per heavy atom. The van der Waals surface area contributed by atoms with Crippen molar-refractivity contribution in [3.63, 3.8) is 0 Å². The van der Waals surface area contributed by atoms with Gasteiger partial charge in [0, 0.05) is 12.6 Å². The van der Waals surface area contributed by atoms with Gasteiger partial charge < -0.3 is 14.8 Å². The Morgan fingerprint density at radius 1 is 1.16 bits per heavy atom. The number of alkyl halides is 2. The van der Waals surface area contributed by atoms with Crippen LogP contribution in [0.5, 0.6) is 11.5 Å². The SMILES string of the molecule is CCC(CC)NCc1ccc(OC)c(OC(F)F)c1. The predicted molar refractivity (Wildman–Crippen MR) is 70.8 cm³/mol. The normalized spacial score (nSPS) is 11.1. The van der Waals surface area contributed by atoms with Crippen molar-refractivity contribution >= 4 is 0 Å². The zero-order valence-electron chi connectivity index (χ0n) is 11.6. The quantitative estimate of drug-likeness (QED) is 0.785. The van der Waals surface area contributed by atoms with E-state index in [0.717, 1.165) is 18.4 Å². The fraction of sp³-hybridized carbons (Fsp3) is 0.571. The Kier molecular flexibility index (Phi) is 6.56. The number of benzene rings is 1. The van der Waals surface area contributed by atoms with Gasteiger partial charge in [0.1, 0.15) is 0 Å². The van der Waals surface area contributed by atoms with Crippen LogP contribution < -0.4 is 14.8 Å². The second-order valence-corrected chi connectivity index (χ2v) is 4.26. The highest BCUT2D eigenvalue weighted by molar-refractivity contribution is 5.43. The minimum atomic E-state index is -2.85. The molecule has 19 heavy (non-hydrogen) atoms. The molecule has 0 amide bonds. The van der Waals surface area contributed by atoms with Crippen LogP contribution in [0.3, 0.4) is 0 Å². The lowest BCUT2D eigenvalue weighted by Crippen LogP contribution is -2.26. The van der Waals surface area contributed by atoms with Crippen molar-refractivity contribution in [2.45, 2.75) is 45.9 Å². The summed E-state index contributed by atoms with van der Waals surface area (Å²) >= 11 is 0. The van der Waals surface area contributed by atoms with Crippen molar-refractivity contribution in [3.05, 3.63) is 23.8 Å². The Balaban J connectivity index is 2.74. The molecule has 0 spiro atoms. The Labute approximate surface area is 112 Å². The van der Waals surface area contributed by atoms with E-state index < -0.39 is 6.61 Å². The molecular weight excluding hydrogens is 252 g/mol. The summed E-state index contributed by atoms with van der Waals surface area (Å²) in [6.45, 7) is 1.99. The molecule has 1 aromatic carbocycles. The molecule has 0 radical (unpaired) electrons. The van der Waals surface area contributed by atoms with Crippen molar-refractivity contribution < 1.29 is 18.3 Å².